The third-order valence-electron chi connectivity index (χ3n) is 2.90. The lowest BCUT2D eigenvalue weighted by Crippen LogP contribution is -2.27. The van der Waals surface area contributed by atoms with Crippen LogP contribution in [0.2, 0.25) is 0 Å². The molecule has 19 heavy (non-hydrogen) atoms. The summed E-state index contributed by atoms with van der Waals surface area (Å²) in [6, 6.07) is 9.75. The normalized spacial score (nSPS) is 10.5. The second-order valence-corrected chi connectivity index (χ2v) is 6.18. The van der Waals surface area contributed by atoms with Crippen molar-refractivity contribution in [3.05, 3.63) is 56.7 Å². The second-order valence-electron chi connectivity index (χ2n) is 4.41. The fourth-order valence-corrected chi connectivity index (χ4v) is 2.82. The highest BCUT2D eigenvalue weighted by Gasteiger charge is 2.16. The summed E-state index contributed by atoms with van der Waals surface area (Å²) in [5.41, 5.74) is 1.76. The number of nitrogens with zero attached hydrogens (tertiary/aromatic N) is 2. The van der Waals surface area contributed by atoms with Crippen LogP contribution in [0.25, 0.3) is 0 Å². The summed E-state index contributed by atoms with van der Waals surface area (Å²) < 4.78 is 3.75. The van der Waals surface area contributed by atoms with E-state index in [9.17, 15) is 4.79 Å². The van der Waals surface area contributed by atoms with Crippen molar-refractivity contribution in [3.8, 4) is 0 Å². The highest BCUT2D eigenvalue weighted by Crippen LogP contribution is 2.19. The van der Waals surface area contributed by atoms with Crippen LogP contribution >= 0.6 is 31.9 Å². The number of benzene rings is 1. The van der Waals surface area contributed by atoms with Gasteiger partial charge in [-0.05, 0) is 33.6 Å². The molecule has 0 fully saturated rings. The molecule has 0 bridgehead atoms. The molecule has 0 saturated carbocycles. The van der Waals surface area contributed by atoms with E-state index in [1.165, 1.54) is 0 Å². The van der Waals surface area contributed by atoms with Crippen molar-refractivity contribution in [3.63, 3.8) is 0 Å². The van der Waals surface area contributed by atoms with E-state index in [-0.39, 0.29) is 5.91 Å². The van der Waals surface area contributed by atoms with Gasteiger partial charge >= 0.3 is 0 Å². The monoisotopic (exact) mass is 384 g/mol. The van der Waals surface area contributed by atoms with Crippen molar-refractivity contribution in [2.75, 3.05) is 7.05 Å². The lowest BCUT2D eigenvalue weighted by Gasteiger charge is -2.18. The first-order valence-corrected chi connectivity index (χ1v) is 7.38. The molecule has 1 aromatic heterocycles. The number of carbonyl (C=O) groups is 1. The van der Waals surface area contributed by atoms with Crippen molar-refractivity contribution >= 4 is 37.8 Å². The molecule has 0 radical (unpaired) electrons. The maximum absolute atomic E-state index is 12.4. The molecule has 3 nitrogen and oxygen atoms in total. The van der Waals surface area contributed by atoms with Gasteiger partial charge in [0, 0.05) is 35.8 Å². The molecular weight excluding hydrogens is 372 g/mol. The van der Waals surface area contributed by atoms with Gasteiger partial charge in [-0.1, -0.05) is 34.1 Å². The highest BCUT2D eigenvalue weighted by molar-refractivity contribution is 9.10. The summed E-state index contributed by atoms with van der Waals surface area (Å²) in [4.78, 5) is 14.1. The topological polar surface area (TPSA) is 25.2 Å². The lowest BCUT2D eigenvalue weighted by molar-refractivity contribution is 0.0775. The van der Waals surface area contributed by atoms with Crippen LogP contribution in [-0.4, -0.2) is 22.4 Å². The summed E-state index contributed by atoms with van der Waals surface area (Å²) in [6.45, 7) is 0.572. The molecule has 0 spiro atoms. The standard InChI is InChI=1S/C14H14Br2N2O/c1-17-9-11(15)7-13(17)14(19)18(2)8-10-5-3-4-6-12(10)16/h3-7,9H,8H2,1-2H3. The smallest absolute Gasteiger partial charge is 0.270 e. The number of aromatic nitrogens is 1. The molecule has 0 aliphatic carbocycles. The summed E-state index contributed by atoms with van der Waals surface area (Å²) in [5, 5.41) is 0. The molecule has 2 aromatic rings. The van der Waals surface area contributed by atoms with E-state index in [1.807, 2.05) is 55.2 Å². The number of amides is 1. The first-order valence-electron chi connectivity index (χ1n) is 5.80. The molecule has 0 aliphatic rings. The van der Waals surface area contributed by atoms with Crippen LogP contribution in [0.1, 0.15) is 16.1 Å². The molecule has 0 N–H and O–H groups in total. The van der Waals surface area contributed by atoms with Crippen molar-refractivity contribution in [1.29, 1.82) is 0 Å². The largest absolute Gasteiger partial charge is 0.345 e. The number of hydrogen-bond donors (Lipinski definition) is 0. The Bertz CT molecular complexity index is 607. The molecule has 0 unspecified atom stereocenters. The summed E-state index contributed by atoms with van der Waals surface area (Å²) in [7, 11) is 3.67. The van der Waals surface area contributed by atoms with E-state index < -0.39 is 0 Å². The fraction of sp³-hybridized carbons (Fsp3) is 0.214. The zero-order valence-corrected chi connectivity index (χ0v) is 13.9. The number of carbonyl (C=O) groups excluding carboxylic acids is 1. The van der Waals surface area contributed by atoms with Gasteiger partial charge in [0.1, 0.15) is 5.69 Å². The number of rotatable bonds is 3. The summed E-state index contributed by atoms with van der Waals surface area (Å²) in [5.74, 6) is 0.00366. The maximum atomic E-state index is 12.4. The van der Waals surface area contributed by atoms with Gasteiger partial charge in [0.05, 0.1) is 0 Å². The van der Waals surface area contributed by atoms with Crippen molar-refractivity contribution in [1.82, 2.24) is 9.47 Å². The van der Waals surface area contributed by atoms with E-state index >= 15 is 0 Å². The van der Waals surface area contributed by atoms with Gasteiger partial charge in [0.15, 0.2) is 0 Å². The Kier molecular flexibility index (Phi) is 4.47. The average Bonchev–Trinajstić information content (AvgIpc) is 2.70. The van der Waals surface area contributed by atoms with Gasteiger partial charge < -0.3 is 9.47 Å². The number of aryl methyl sites for hydroxylation is 1. The summed E-state index contributed by atoms with van der Waals surface area (Å²) in [6.07, 6.45) is 1.87. The van der Waals surface area contributed by atoms with E-state index in [1.54, 1.807) is 4.90 Å². The van der Waals surface area contributed by atoms with Gasteiger partial charge in [-0.3, -0.25) is 4.79 Å². The van der Waals surface area contributed by atoms with E-state index in [0.717, 1.165) is 14.5 Å². The third kappa shape index (κ3) is 3.28. The van der Waals surface area contributed by atoms with Crippen LogP contribution in [0.4, 0.5) is 0 Å². The Morgan fingerprint density at radius 2 is 2.00 bits per heavy atom. The van der Waals surface area contributed by atoms with Crippen LogP contribution in [0.3, 0.4) is 0 Å². The van der Waals surface area contributed by atoms with E-state index in [4.69, 9.17) is 0 Å². The van der Waals surface area contributed by atoms with Gasteiger partial charge in [0.2, 0.25) is 0 Å². The van der Waals surface area contributed by atoms with Crippen LogP contribution in [-0.2, 0) is 13.6 Å². The van der Waals surface area contributed by atoms with Crippen LogP contribution in [0.5, 0.6) is 0 Å². The first kappa shape index (κ1) is 14.3. The van der Waals surface area contributed by atoms with Crippen LogP contribution in [0, 0.1) is 0 Å². The number of hydrogen-bond acceptors (Lipinski definition) is 1. The fourth-order valence-electron chi connectivity index (χ4n) is 1.89. The lowest BCUT2D eigenvalue weighted by atomic mass is 10.2. The molecule has 5 heteroatoms. The van der Waals surface area contributed by atoms with Crippen LogP contribution in [0.15, 0.2) is 45.5 Å². The molecule has 1 amide bonds. The minimum atomic E-state index is 0.00366. The Morgan fingerprint density at radius 1 is 1.32 bits per heavy atom. The van der Waals surface area contributed by atoms with Crippen molar-refractivity contribution in [2.24, 2.45) is 7.05 Å². The van der Waals surface area contributed by atoms with Gasteiger partial charge in [-0.2, -0.15) is 0 Å². The van der Waals surface area contributed by atoms with Gasteiger partial charge in [-0.15, -0.1) is 0 Å². The van der Waals surface area contributed by atoms with Gasteiger partial charge in [-0.25, -0.2) is 0 Å². The van der Waals surface area contributed by atoms with Gasteiger partial charge in [0.25, 0.3) is 5.91 Å². The first-order chi connectivity index (χ1) is 8.99. The zero-order chi connectivity index (χ0) is 14.0. The zero-order valence-electron chi connectivity index (χ0n) is 10.7. The Labute approximate surface area is 129 Å². The molecule has 0 atom stereocenters. The average molecular weight is 386 g/mol. The van der Waals surface area contributed by atoms with Crippen molar-refractivity contribution < 1.29 is 4.79 Å². The molecule has 1 heterocycles. The molecule has 0 aliphatic heterocycles. The van der Waals surface area contributed by atoms with Crippen LogP contribution < -0.4 is 0 Å². The third-order valence-corrected chi connectivity index (χ3v) is 4.11. The second kappa shape index (κ2) is 5.92. The molecule has 2 rings (SSSR count). The molecule has 1 aromatic carbocycles. The molecular formula is C14H14Br2N2O. The Hall–Kier alpha value is -1.07. The van der Waals surface area contributed by atoms with Crippen molar-refractivity contribution in [2.45, 2.75) is 6.54 Å². The SMILES string of the molecule is CN(Cc1ccccc1Br)C(=O)c1cc(Br)cn1C. The Morgan fingerprint density at radius 3 is 2.58 bits per heavy atom. The molecule has 100 valence electrons. The predicted molar refractivity (Wildman–Crippen MR) is 83.1 cm³/mol. The molecule has 0 saturated heterocycles. The summed E-state index contributed by atoms with van der Waals surface area (Å²) >= 11 is 6.88. The van der Waals surface area contributed by atoms with E-state index in [2.05, 4.69) is 31.9 Å². The number of halogens is 2. The van der Waals surface area contributed by atoms with E-state index in [0.29, 0.717) is 12.2 Å². The minimum absolute atomic E-state index is 0.00366. The predicted octanol–water partition coefficient (Wildman–Crippen LogP) is 3.82. The maximum Gasteiger partial charge on any atom is 0.270 e. The minimum Gasteiger partial charge on any atom is -0.345 e. The Balaban J connectivity index is 2.16. The quantitative estimate of drug-likeness (QED) is 0.788. The highest BCUT2D eigenvalue weighted by atomic mass is 79.9.